The highest BCUT2D eigenvalue weighted by molar-refractivity contribution is 7.50. The number of carbonyl (C=O) groups is 7. The lowest BCUT2D eigenvalue weighted by atomic mass is 10.00. The van der Waals surface area contributed by atoms with Crippen LogP contribution in [0.2, 0.25) is 0 Å². The molecule has 5 aromatic rings. The second kappa shape index (κ2) is 40.0. The lowest BCUT2D eigenvalue weighted by Gasteiger charge is -2.28. The maximum absolute atomic E-state index is 14.4. The zero-order chi connectivity index (χ0) is 88.4. The number of nitrogens with two attached hydrogens (primary N) is 1. The highest BCUT2D eigenvalue weighted by Gasteiger charge is 2.50. The number of carboxylic acids is 1. The number of aromatic amines is 4. The predicted octanol–water partition coefficient (Wildman–Crippen LogP) is -4.49. The van der Waals surface area contributed by atoms with E-state index in [1.807, 2.05) is 15.0 Å². The van der Waals surface area contributed by atoms with Crippen molar-refractivity contribution in [1.29, 1.82) is 0 Å². The Labute approximate surface area is 674 Å². The van der Waals surface area contributed by atoms with Gasteiger partial charge in [-0.15, -0.1) is 0 Å². The molecule has 51 nitrogen and oxygen atoms in total. The monoisotopic (exact) mass is 1780 g/mol. The molecule has 4 fully saturated rings. The molecule has 4 aromatic heterocycles. The Balaban J connectivity index is 0.916. The Morgan fingerprint density at radius 2 is 0.858 bits per heavy atom. The van der Waals surface area contributed by atoms with Crippen LogP contribution in [-0.2, 0) is 114 Å². The van der Waals surface area contributed by atoms with Crippen molar-refractivity contribution in [2.45, 2.75) is 185 Å². The number of phosphoric ester groups is 3. The quantitative estimate of drug-likeness (QED) is 0.0130. The van der Waals surface area contributed by atoms with Crippen LogP contribution in [0, 0.1) is 33.6 Å². The zero-order valence-corrected chi connectivity index (χ0v) is 68.1. The van der Waals surface area contributed by atoms with E-state index in [1.54, 1.807) is 35.4 Å². The van der Waals surface area contributed by atoms with Gasteiger partial charge in [-0.3, -0.25) is 118 Å². The van der Waals surface area contributed by atoms with E-state index in [0.717, 1.165) is 50.0 Å². The van der Waals surface area contributed by atoms with Gasteiger partial charge in [0.2, 0.25) is 29.5 Å². The molecule has 20 atom stereocenters. The number of aliphatic carboxylic acids is 1. The second-order valence-electron chi connectivity index (χ2n) is 28.3. The Hall–Kier alpha value is -9.53. The fourth-order valence-electron chi connectivity index (χ4n) is 12.7. The molecule has 0 aliphatic carbocycles. The minimum absolute atomic E-state index is 0.0224. The molecule has 0 radical (unpaired) electrons. The summed E-state index contributed by atoms with van der Waals surface area (Å²) in [5.74, 6) is -8.63. The number of benzene rings is 1. The first-order valence-corrected chi connectivity index (χ1v) is 42.4. The number of nitrogens with one attached hydrogen (secondary N) is 9. The highest BCUT2D eigenvalue weighted by Crippen LogP contribution is 2.54. The SMILES string of the molecule is CC(=O)N[C@@H](CC(N)=O)C(=O)N[C@@H](Cc1ccccc1)C(=O)N[C@H](C(=O)N[C@@H](CO)C(=O)O[C@H]1C[C@H](n2cc(C)c(=O)[nH]c2=O)O[C@@H]1COP(=O)(O)O[C@H]1C[C@H](n2cc(C)c(=O)[nH]c2=O)O[C@@H]1COP(=O)(O)O[C@H]1C[C@H](n2cc(C)c(=O)[nH]c2=O)O[C@@H]1COP(=O)(O)O[C@H]1C[C@H](n2cc(C)c(=O)[nH]c2=O)O[C@@H]1COP(=O)(O)NCC(=O)O)C(C)C. The number of rotatable bonds is 40. The third-order valence-corrected chi connectivity index (χ3v) is 22.8. The van der Waals surface area contributed by atoms with Crippen molar-refractivity contribution >= 4 is 72.7 Å². The average molecular weight is 1780 g/mol. The molecule has 660 valence electrons. The molecule has 5 amide bonds. The first kappa shape index (κ1) is 94.3. The number of H-pyrrole nitrogens is 4. The van der Waals surface area contributed by atoms with E-state index in [4.69, 9.17) is 66.2 Å². The van der Waals surface area contributed by atoms with Gasteiger partial charge in [0.25, 0.3) is 22.2 Å². The van der Waals surface area contributed by atoms with Gasteiger partial charge in [0.1, 0.15) is 98.4 Å². The molecular weight excluding hydrogens is 1690 g/mol. The summed E-state index contributed by atoms with van der Waals surface area (Å²) in [5.41, 5.74) is -2.06. The molecule has 55 heteroatoms. The van der Waals surface area contributed by atoms with E-state index >= 15 is 0 Å². The summed E-state index contributed by atoms with van der Waals surface area (Å²) in [7, 11) is -22.0. The van der Waals surface area contributed by atoms with Crippen LogP contribution in [-0.4, -0.2) is 222 Å². The zero-order valence-electron chi connectivity index (χ0n) is 64.5. The fourth-order valence-corrected chi connectivity index (χ4v) is 16.3. The van der Waals surface area contributed by atoms with Crippen LogP contribution in [0.1, 0.15) is 106 Å². The number of nitrogens with zero attached hydrogens (tertiary/aromatic N) is 4. The number of carboxylic acid groups (broad SMARTS) is 1. The minimum atomic E-state index is -5.71. The van der Waals surface area contributed by atoms with Crippen molar-refractivity contribution in [3.05, 3.63) is 166 Å². The van der Waals surface area contributed by atoms with Crippen LogP contribution in [0.15, 0.2) is 93.5 Å². The maximum atomic E-state index is 14.4. The molecule has 4 saturated heterocycles. The van der Waals surface area contributed by atoms with Crippen LogP contribution < -0.4 is 77.1 Å². The summed E-state index contributed by atoms with van der Waals surface area (Å²) in [6, 6.07) is 1.55. The van der Waals surface area contributed by atoms with Gasteiger partial charge in [0.05, 0.1) is 39.5 Å². The van der Waals surface area contributed by atoms with E-state index < -0.39 is 293 Å². The summed E-state index contributed by atoms with van der Waals surface area (Å²) in [6.45, 7) is 2.37. The van der Waals surface area contributed by atoms with E-state index in [0.29, 0.717) is 5.56 Å². The predicted molar refractivity (Wildman–Crippen MR) is 401 cm³/mol. The summed E-state index contributed by atoms with van der Waals surface area (Å²) in [4.78, 5) is 246. The highest BCUT2D eigenvalue weighted by atomic mass is 31.2. The average Bonchev–Trinajstić information content (AvgIpc) is 1.66. The van der Waals surface area contributed by atoms with Gasteiger partial charge in [-0.1, -0.05) is 44.2 Å². The van der Waals surface area contributed by atoms with Crippen molar-refractivity contribution < 1.29 is 137 Å². The van der Waals surface area contributed by atoms with E-state index in [1.165, 1.54) is 41.5 Å². The van der Waals surface area contributed by atoms with Crippen molar-refractivity contribution in [3.8, 4) is 0 Å². The maximum Gasteiger partial charge on any atom is 0.472 e. The topological polar surface area (TPSA) is 726 Å². The first-order valence-electron chi connectivity index (χ1n) is 36.3. The molecule has 0 spiro atoms. The largest absolute Gasteiger partial charge is 0.480 e. The molecule has 4 unspecified atom stereocenters. The number of aliphatic hydroxyl groups is 1. The van der Waals surface area contributed by atoms with E-state index in [9.17, 15) is 115 Å². The fraction of sp³-hybridized carbons (Fsp3) is 0.554. The van der Waals surface area contributed by atoms with Gasteiger partial charge in [0.15, 0.2) is 6.04 Å². The Kier molecular flexibility index (Phi) is 31.4. The van der Waals surface area contributed by atoms with Crippen LogP contribution in [0.25, 0.3) is 0 Å². The number of hydrogen-bond donors (Lipinski definition) is 16. The summed E-state index contributed by atoms with van der Waals surface area (Å²) in [6.07, 6.45) is -19.7. The van der Waals surface area contributed by atoms with Crippen molar-refractivity contribution in [2.24, 2.45) is 11.7 Å². The van der Waals surface area contributed by atoms with Crippen LogP contribution >= 0.6 is 31.2 Å². The third kappa shape index (κ3) is 25.5. The lowest BCUT2D eigenvalue weighted by Crippen LogP contribution is -2.60. The smallest absolute Gasteiger partial charge is 0.472 e. The molecule has 1 aromatic carbocycles. The number of phosphoric acid groups is 3. The summed E-state index contributed by atoms with van der Waals surface area (Å²) in [5, 5.41) is 31.0. The van der Waals surface area contributed by atoms with Gasteiger partial charge in [-0.05, 0) is 39.2 Å². The van der Waals surface area contributed by atoms with Crippen molar-refractivity contribution in [1.82, 2.24) is 64.6 Å². The van der Waals surface area contributed by atoms with E-state index in [2.05, 4.69) is 26.3 Å². The number of carbonyl (C=O) groups excluding carboxylic acids is 6. The standard InChI is InChI=1S/C65H88N14O37P4/c1-29(2)53(71-59(90)36(13-35-11-9-8-10-12-35)69-58(89)37(14-47(66)82)68-34(7)81)60(91)70-38(24-80)61(92)113-39-15-48(76-20-30(3)54(85)72-62(76)93)109-43(39)26-106-118(99,100)115-41-17-50(78-22-32(5)56(87)74-64(78)95)111-45(41)28-108-120(103,104)116-42-18-51(79-23-33(6)57(88)75-65(79)96)112-46(42)27-107-119(101,102)114-40-16-49(77-21-31(4)55(86)73-63(77)94)110-44(40)25-105-117(97,98)67-19-52(83)84/h8-12,20-23,29,36-46,48-51,53,80H,13-19,24-28H2,1-7H3,(H2,66,82)(H,68,81)(H,69,89)(H,70,91)(H,71,90)(H,83,84)(H,99,100)(H,101,102)(H,103,104)(H2,67,97,98)(H,72,85,93)(H,73,86,94)(H,74,87,95)(H,75,88,96)/t36-,37-,38-,39-,40-,41-,42-,43+,44+,45+,46+,48+,49+,50+,51+,53-/m0/s1. The van der Waals surface area contributed by atoms with Gasteiger partial charge in [0, 0.05) is 86.1 Å². The van der Waals surface area contributed by atoms with Gasteiger partial charge in [-0.25, -0.2) is 47.3 Å². The number of hydrogen-bond acceptors (Lipinski definition) is 32. The summed E-state index contributed by atoms with van der Waals surface area (Å²) >= 11 is 0. The molecule has 4 aliphatic rings. The second-order valence-corrected chi connectivity index (χ2v) is 34.1. The number of aryl methyl sites for hydroxylation is 4. The van der Waals surface area contributed by atoms with Crippen LogP contribution in [0.3, 0.4) is 0 Å². The molecule has 120 heavy (non-hydrogen) atoms. The van der Waals surface area contributed by atoms with Crippen molar-refractivity contribution in [2.75, 3.05) is 39.6 Å². The number of aliphatic hydroxyl groups excluding tert-OH is 1. The van der Waals surface area contributed by atoms with Crippen LogP contribution in [0.4, 0.5) is 0 Å². The summed E-state index contributed by atoms with van der Waals surface area (Å²) < 4.78 is 126. The molecule has 9 rings (SSSR count). The number of aromatic nitrogens is 8. The number of primary amides is 1. The molecule has 0 saturated carbocycles. The van der Waals surface area contributed by atoms with Gasteiger partial charge in [-0.2, -0.15) is 0 Å². The van der Waals surface area contributed by atoms with Gasteiger partial charge >= 0.3 is 65.9 Å². The van der Waals surface area contributed by atoms with Gasteiger partial charge < -0.3 is 80.5 Å². The number of amides is 5. The lowest BCUT2D eigenvalue weighted by molar-refractivity contribution is -0.158. The normalized spacial score (nSPS) is 24.7. The van der Waals surface area contributed by atoms with Crippen molar-refractivity contribution in [3.63, 3.8) is 0 Å². The Morgan fingerprint density at radius 1 is 0.508 bits per heavy atom. The Bertz CT molecular complexity index is 5340. The molecule has 0 bridgehead atoms. The number of esters is 1. The minimum Gasteiger partial charge on any atom is -0.480 e. The third-order valence-electron chi connectivity index (χ3n) is 18.7. The van der Waals surface area contributed by atoms with Crippen LogP contribution in [0.5, 0.6) is 0 Å². The van der Waals surface area contributed by atoms with E-state index in [-0.39, 0.29) is 28.7 Å². The Morgan fingerprint density at radius 3 is 1.21 bits per heavy atom. The first-order chi connectivity index (χ1) is 56.2. The molecule has 8 heterocycles. The number of ether oxygens (including phenoxy) is 5. The molecule has 4 aliphatic heterocycles. The molecule has 17 N–H and O–H groups in total. The molecular formula is C65H88N14O37P4.